The zero-order valence-electron chi connectivity index (χ0n) is 11.7. The molecule has 1 aromatic carbocycles. The Morgan fingerprint density at radius 2 is 2.14 bits per heavy atom. The van der Waals surface area contributed by atoms with Gasteiger partial charge < -0.3 is 10.4 Å². The van der Waals surface area contributed by atoms with Gasteiger partial charge in [0, 0.05) is 28.3 Å². The third-order valence-corrected chi connectivity index (χ3v) is 4.10. The van der Waals surface area contributed by atoms with Crippen molar-refractivity contribution < 1.29 is 9.90 Å². The number of carboxylic acids is 1. The molecule has 0 amide bonds. The minimum absolute atomic E-state index is 0.103. The first-order chi connectivity index (χ1) is 10.1. The number of nitrogens with zero attached hydrogens (tertiary/aromatic N) is 1. The number of aryl methyl sites for hydroxylation is 1. The molecule has 0 bridgehead atoms. The maximum atomic E-state index is 10.7. The number of hydrogen-bond acceptors (Lipinski definition) is 3. The molecular formula is C16H17ClN2O2. The molecule has 2 aromatic rings. The highest BCUT2D eigenvalue weighted by atomic mass is 35.5. The van der Waals surface area contributed by atoms with Crippen LogP contribution in [0.2, 0.25) is 5.02 Å². The average Bonchev–Trinajstić information content (AvgIpc) is 2.46. The van der Waals surface area contributed by atoms with Crippen LogP contribution >= 0.6 is 11.6 Å². The van der Waals surface area contributed by atoms with Gasteiger partial charge in [-0.15, -0.1) is 0 Å². The van der Waals surface area contributed by atoms with E-state index in [1.165, 1.54) is 5.56 Å². The second kappa shape index (κ2) is 5.90. The van der Waals surface area contributed by atoms with E-state index in [-0.39, 0.29) is 6.42 Å². The van der Waals surface area contributed by atoms with E-state index < -0.39 is 5.97 Å². The van der Waals surface area contributed by atoms with Crippen molar-refractivity contribution in [1.29, 1.82) is 0 Å². The number of benzene rings is 1. The normalized spacial score (nSPS) is 14.0. The van der Waals surface area contributed by atoms with Crippen LogP contribution in [0, 0.1) is 0 Å². The lowest BCUT2D eigenvalue weighted by molar-refractivity contribution is -0.136. The maximum absolute atomic E-state index is 10.7. The number of aliphatic carboxylic acids is 1. The first-order valence-electron chi connectivity index (χ1n) is 7.22. The summed E-state index contributed by atoms with van der Waals surface area (Å²) < 4.78 is 0. The Hall–Kier alpha value is -1.81. The van der Waals surface area contributed by atoms with Gasteiger partial charge in [0.05, 0.1) is 11.9 Å². The Morgan fingerprint density at radius 3 is 2.95 bits per heavy atom. The van der Waals surface area contributed by atoms with Gasteiger partial charge >= 0.3 is 5.97 Å². The molecule has 1 aromatic heterocycles. The summed E-state index contributed by atoms with van der Waals surface area (Å²) in [6, 6.07) is 5.68. The lowest BCUT2D eigenvalue weighted by Gasteiger charge is -2.21. The molecule has 1 aliphatic rings. The van der Waals surface area contributed by atoms with Gasteiger partial charge in [0.25, 0.3) is 0 Å². The van der Waals surface area contributed by atoms with Crippen LogP contribution in [-0.2, 0) is 17.6 Å². The van der Waals surface area contributed by atoms with Crippen molar-refractivity contribution in [3.05, 3.63) is 34.5 Å². The van der Waals surface area contributed by atoms with Gasteiger partial charge in [-0.05, 0) is 49.4 Å². The van der Waals surface area contributed by atoms with Crippen LogP contribution in [0.25, 0.3) is 10.9 Å². The Bertz CT molecular complexity index is 700. The third-order valence-electron chi connectivity index (χ3n) is 3.87. The summed E-state index contributed by atoms with van der Waals surface area (Å²) in [5.41, 5.74) is 4.27. The first-order valence-corrected chi connectivity index (χ1v) is 7.59. The number of carbonyl (C=O) groups is 1. The summed E-state index contributed by atoms with van der Waals surface area (Å²) >= 11 is 6.06. The minimum Gasteiger partial charge on any atom is -0.481 e. The molecule has 0 saturated carbocycles. The molecule has 0 aliphatic heterocycles. The maximum Gasteiger partial charge on any atom is 0.305 e. The fourth-order valence-corrected chi connectivity index (χ4v) is 3.06. The molecule has 2 N–H and O–H groups in total. The Kier molecular flexibility index (Phi) is 3.97. The number of halogens is 1. The van der Waals surface area contributed by atoms with E-state index >= 15 is 0 Å². The van der Waals surface area contributed by atoms with Crippen LogP contribution in [0.3, 0.4) is 0 Å². The van der Waals surface area contributed by atoms with Crippen molar-refractivity contribution in [2.45, 2.75) is 32.1 Å². The lowest BCUT2D eigenvalue weighted by atomic mass is 9.92. The van der Waals surface area contributed by atoms with E-state index in [9.17, 15) is 4.79 Å². The predicted octanol–water partition coefficient (Wildman–Crippen LogP) is 3.65. The predicted molar refractivity (Wildman–Crippen MR) is 84.1 cm³/mol. The van der Waals surface area contributed by atoms with E-state index in [4.69, 9.17) is 21.7 Å². The molecule has 3 rings (SSSR count). The molecule has 1 heterocycles. The second-order valence-electron chi connectivity index (χ2n) is 5.35. The number of nitrogens with one attached hydrogen (secondary N) is 1. The zero-order chi connectivity index (χ0) is 14.8. The first kappa shape index (κ1) is 14.1. The van der Waals surface area contributed by atoms with Gasteiger partial charge in [-0.25, -0.2) is 0 Å². The molecule has 4 nitrogen and oxygen atoms in total. The molecule has 0 spiro atoms. The third kappa shape index (κ3) is 2.95. The highest BCUT2D eigenvalue weighted by molar-refractivity contribution is 6.31. The molecule has 0 atom stereocenters. The number of carboxylic acid groups (broad SMARTS) is 1. The van der Waals surface area contributed by atoms with Crippen molar-refractivity contribution in [2.24, 2.45) is 0 Å². The summed E-state index contributed by atoms with van der Waals surface area (Å²) in [5, 5.41) is 13.8. The number of anilines is 1. The summed E-state index contributed by atoms with van der Waals surface area (Å²) in [6.07, 6.45) is 4.38. The van der Waals surface area contributed by atoms with Gasteiger partial charge in [-0.1, -0.05) is 11.6 Å². The molecule has 0 saturated heterocycles. The average molecular weight is 305 g/mol. The highest BCUT2D eigenvalue weighted by Crippen LogP contribution is 2.34. The van der Waals surface area contributed by atoms with Gasteiger partial charge in [-0.3, -0.25) is 9.78 Å². The smallest absolute Gasteiger partial charge is 0.305 e. The molecule has 5 heteroatoms. The molecule has 0 fully saturated rings. The van der Waals surface area contributed by atoms with Crippen molar-refractivity contribution in [3.8, 4) is 0 Å². The van der Waals surface area contributed by atoms with Crippen molar-refractivity contribution in [1.82, 2.24) is 4.98 Å². The van der Waals surface area contributed by atoms with Crippen molar-refractivity contribution in [3.63, 3.8) is 0 Å². The Labute approximate surface area is 128 Å². The van der Waals surface area contributed by atoms with E-state index in [1.807, 2.05) is 18.2 Å². The highest BCUT2D eigenvalue weighted by Gasteiger charge is 2.18. The molecule has 0 unspecified atom stereocenters. The molecule has 21 heavy (non-hydrogen) atoms. The fraction of sp³-hybridized carbons (Fsp3) is 0.375. The monoisotopic (exact) mass is 304 g/mol. The Balaban J connectivity index is 2.06. The van der Waals surface area contributed by atoms with Crippen molar-refractivity contribution in [2.75, 3.05) is 11.9 Å². The molecule has 110 valence electrons. The van der Waals surface area contributed by atoms with Gasteiger partial charge in [-0.2, -0.15) is 0 Å². The molecular weight excluding hydrogens is 288 g/mol. The lowest BCUT2D eigenvalue weighted by Crippen LogP contribution is -2.14. The van der Waals surface area contributed by atoms with E-state index in [1.54, 1.807) is 0 Å². The number of rotatable bonds is 4. The van der Waals surface area contributed by atoms with E-state index in [0.717, 1.165) is 48.0 Å². The van der Waals surface area contributed by atoms with Gasteiger partial charge in [0.1, 0.15) is 0 Å². The van der Waals surface area contributed by atoms with Crippen molar-refractivity contribution >= 4 is 34.2 Å². The van der Waals surface area contributed by atoms with Crippen LogP contribution < -0.4 is 5.32 Å². The second-order valence-corrected chi connectivity index (χ2v) is 5.79. The van der Waals surface area contributed by atoms with Gasteiger partial charge in [0.2, 0.25) is 0 Å². The van der Waals surface area contributed by atoms with Crippen LogP contribution in [0.15, 0.2) is 18.2 Å². The zero-order valence-corrected chi connectivity index (χ0v) is 12.4. The minimum atomic E-state index is -0.794. The number of fused-ring (bicyclic) bond motifs is 2. The quantitative estimate of drug-likeness (QED) is 0.905. The molecule has 1 aliphatic carbocycles. The van der Waals surface area contributed by atoms with Crippen LogP contribution in [-0.4, -0.2) is 22.6 Å². The van der Waals surface area contributed by atoms with Crippen LogP contribution in [0.1, 0.15) is 30.5 Å². The Morgan fingerprint density at radius 1 is 1.33 bits per heavy atom. The largest absolute Gasteiger partial charge is 0.481 e. The van der Waals surface area contributed by atoms with Gasteiger partial charge in [0.15, 0.2) is 0 Å². The summed E-state index contributed by atoms with van der Waals surface area (Å²) in [6.45, 7) is 0.420. The number of pyridine rings is 1. The van der Waals surface area contributed by atoms with Crippen LogP contribution in [0.4, 0.5) is 5.69 Å². The summed E-state index contributed by atoms with van der Waals surface area (Å²) in [7, 11) is 0. The summed E-state index contributed by atoms with van der Waals surface area (Å²) in [5.74, 6) is -0.794. The fourth-order valence-electron chi connectivity index (χ4n) is 2.90. The molecule has 0 radical (unpaired) electrons. The number of hydrogen-bond donors (Lipinski definition) is 2. The van der Waals surface area contributed by atoms with E-state index in [2.05, 4.69) is 5.32 Å². The summed E-state index contributed by atoms with van der Waals surface area (Å²) in [4.78, 5) is 15.5. The van der Waals surface area contributed by atoms with E-state index in [0.29, 0.717) is 11.6 Å². The SMILES string of the molecule is O=C(O)CCNc1c2c(nc3cc(Cl)ccc13)CCCC2. The topological polar surface area (TPSA) is 62.2 Å². The standard InChI is InChI=1S/C16H17ClN2O2/c17-10-5-6-12-14(9-10)19-13-4-2-1-3-11(13)16(12)18-8-7-15(20)21/h5-6,9H,1-4,7-8H2,(H,18,19)(H,20,21). The van der Waals surface area contributed by atoms with Crippen LogP contribution in [0.5, 0.6) is 0 Å². The number of aromatic nitrogens is 1.